The van der Waals surface area contributed by atoms with Crippen LogP contribution in [0.2, 0.25) is 0 Å². The van der Waals surface area contributed by atoms with Crippen molar-refractivity contribution in [2.75, 3.05) is 39.3 Å². The van der Waals surface area contributed by atoms with Crippen LogP contribution in [-0.2, 0) is 9.59 Å². The normalized spacial score (nSPS) is 20.0. The number of likely N-dealkylation sites (tertiary alicyclic amines) is 2. The smallest absolute Gasteiger partial charge is 0.236 e. The monoisotopic (exact) mass is 281 g/mol. The predicted molar refractivity (Wildman–Crippen MR) is 78.3 cm³/mol. The lowest BCUT2D eigenvalue weighted by atomic mass is 10.1. The Labute approximate surface area is 121 Å². The van der Waals surface area contributed by atoms with Crippen molar-refractivity contribution < 1.29 is 9.59 Å². The van der Waals surface area contributed by atoms with Crippen LogP contribution < -0.4 is 5.32 Å². The van der Waals surface area contributed by atoms with Gasteiger partial charge in [0.2, 0.25) is 11.8 Å². The largest absolute Gasteiger partial charge is 0.343 e. The number of amides is 2. The Balaban J connectivity index is 1.56. The average Bonchev–Trinajstić information content (AvgIpc) is 2.53. The highest BCUT2D eigenvalue weighted by molar-refractivity contribution is 5.79. The van der Waals surface area contributed by atoms with Gasteiger partial charge in [-0.2, -0.15) is 0 Å². The summed E-state index contributed by atoms with van der Waals surface area (Å²) in [5.74, 6) is 0.401. The molecule has 2 saturated heterocycles. The highest BCUT2D eigenvalue weighted by Crippen LogP contribution is 2.10. The molecule has 0 unspecified atom stereocenters. The summed E-state index contributed by atoms with van der Waals surface area (Å²) in [7, 11) is 0. The zero-order valence-electron chi connectivity index (χ0n) is 12.4. The maximum absolute atomic E-state index is 11.9. The number of nitrogens with zero attached hydrogens (tertiary/aromatic N) is 2. The fourth-order valence-corrected chi connectivity index (χ4v) is 2.95. The van der Waals surface area contributed by atoms with E-state index < -0.39 is 0 Å². The molecule has 0 aromatic heterocycles. The van der Waals surface area contributed by atoms with Gasteiger partial charge in [-0.1, -0.05) is 0 Å². The van der Waals surface area contributed by atoms with E-state index in [0.717, 1.165) is 51.9 Å². The van der Waals surface area contributed by atoms with E-state index in [1.165, 1.54) is 12.8 Å². The molecule has 0 atom stereocenters. The first-order chi connectivity index (χ1) is 9.77. The molecule has 0 saturated carbocycles. The minimum atomic E-state index is 0.176. The maximum atomic E-state index is 11.9. The van der Waals surface area contributed by atoms with E-state index in [2.05, 4.69) is 5.32 Å². The van der Waals surface area contributed by atoms with E-state index in [4.69, 9.17) is 0 Å². The summed E-state index contributed by atoms with van der Waals surface area (Å²) in [6.45, 7) is 4.58. The minimum absolute atomic E-state index is 0.176. The summed E-state index contributed by atoms with van der Waals surface area (Å²) in [6.07, 6.45) is 7.50. The first-order valence-corrected chi connectivity index (χ1v) is 8.03. The molecule has 2 amide bonds. The first-order valence-electron chi connectivity index (χ1n) is 8.03. The van der Waals surface area contributed by atoms with Gasteiger partial charge in [0.1, 0.15) is 0 Å². The van der Waals surface area contributed by atoms with Gasteiger partial charge >= 0.3 is 0 Å². The summed E-state index contributed by atoms with van der Waals surface area (Å²) in [6, 6.07) is 0. The number of hydrogen-bond acceptors (Lipinski definition) is 3. The van der Waals surface area contributed by atoms with E-state index >= 15 is 0 Å². The van der Waals surface area contributed by atoms with Crippen LogP contribution in [-0.4, -0.2) is 60.9 Å². The van der Waals surface area contributed by atoms with Gasteiger partial charge in [-0.05, 0) is 38.5 Å². The van der Waals surface area contributed by atoms with Crippen LogP contribution >= 0.6 is 0 Å². The molecule has 2 heterocycles. The van der Waals surface area contributed by atoms with Crippen molar-refractivity contribution in [1.82, 2.24) is 15.1 Å². The van der Waals surface area contributed by atoms with E-state index in [1.54, 1.807) is 0 Å². The van der Waals surface area contributed by atoms with Gasteiger partial charge in [0.25, 0.3) is 0 Å². The Hall–Kier alpha value is -1.10. The van der Waals surface area contributed by atoms with Gasteiger partial charge in [0.15, 0.2) is 0 Å². The van der Waals surface area contributed by atoms with Crippen LogP contribution in [0.15, 0.2) is 0 Å². The van der Waals surface area contributed by atoms with Gasteiger partial charge in [0.05, 0.1) is 6.54 Å². The predicted octanol–water partition coefficient (Wildman–Crippen LogP) is 0.991. The third-order valence-corrected chi connectivity index (χ3v) is 4.21. The van der Waals surface area contributed by atoms with Gasteiger partial charge in [-0.3, -0.25) is 9.59 Å². The Bertz CT molecular complexity index is 289. The second-order valence-corrected chi connectivity index (χ2v) is 5.81. The Kier molecular flexibility index (Phi) is 6.30. The second kappa shape index (κ2) is 8.25. The number of hydrogen-bond donors (Lipinski definition) is 1. The Morgan fingerprint density at radius 3 is 1.80 bits per heavy atom. The SMILES string of the molecule is O=C(CCNCC(=O)N1CCCCC1)N1CCCCC1. The number of rotatable bonds is 5. The van der Waals surface area contributed by atoms with Crippen LogP contribution in [0, 0.1) is 0 Å². The van der Waals surface area contributed by atoms with E-state index in [0.29, 0.717) is 19.5 Å². The van der Waals surface area contributed by atoms with Gasteiger partial charge in [0, 0.05) is 39.1 Å². The summed E-state index contributed by atoms with van der Waals surface area (Å²) in [5.41, 5.74) is 0. The van der Waals surface area contributed by atoms with Gasteiger partial charge in [-0.25, -0.2) is 0 Å². The summed E-state index contributed by atoms with van der Waals surface area (Å²) >= 11 is 0. The van der Waals surface area contributed by atoms with Crippen LogP contribution in [0.25, 0.3) is 0 Å². The van der Waals surface area contributed by atoms with E-state index in [-0.39, 0.29) is 11.8 Å². The lowest BCUT2D eigenvalue weighted by molar-refractivity contribution is -0.133. The molecule has 1 N–H and O–H groups in total. The standard InChI is InChI=1S/C15H27N3O2/c19-14(17-9-3-1-4-10-17)7-8-16-13-15(20)18-11-5-2-6-12-18/h16H,1-13H2. The molecule has 0 aliphatic carbocycles. The van der Waals surface area contributed by atoms with Gasteiger partial charge in [-0.15, -0.1) is 0 Å². The third-order valence-electron chi connectivity index (χ3n) is 4.21. The molecule has 2 rings (SSSR count). The zero-order valence-corrected chi connectivity index (χ0v) is 12.4. The molecule has 2 fully saturated rings. The molecule has 0 bridgehead atoms. The molecule has 5 heteroatoms. The lowest BCUT2D eigenvalue weighted by Crippen LogP contribution is -2.42. The average molecular weight is 281 g/mol. The molecule has 0 spiro atoms. The van der Waals surface area contributed by atoms with Crippen molar-refractivity contribution in [1.29, 1.82) is 0 Å². The fourth-order valence-electron chi connectivity index (χ4n) is 2.95. The summed E-state index contributed by atoms with van der Waals surface area (Å²) in [4.78, 5) is 27.7. The van der Waals surface area contributed by atoms with Crippen LogP contribution in [0.1, 0.15) is 44.9 Å². The summed E-state index contributed by atoms with van der Waals surface area (Å²) < 4.78 is 0. The van der Waals surface area contributed by atoms with E-state index in [1.807, 2.05) is 9.80 Å². The molecule has 0 radical (unpaired) electrons. The molecular weight excluding hydrogens is 254 g/mol. The second-order valence-electron chi connectivity index (χ2n) is 5.81. The van der Waals surface area contributed by atoms with Gasteiger partial charge < -0.3 is 15.1 Å². The maximum Gasteiger partial charge on any atom is 0.236 e. The highest BCUT2D eigenvalue weighted by atomic mass is 16.2. The van der Waals surface area contributed by atoms with Crippen LogP contribution in [0.4, 0.5) is 0 Å². The minimum Gasteiger partial charge on any atom is -0.343 e. The Morgan fingerprint density at radius 1 is 0.750 bits per heavy atom. The summed E-state index contributed by atoms with van der Waals surface area (Å²) in [5, 5.41) is 3.11. The number of piperidine rings is 2. The van der Waals surface area contributed by atoms with Crippen molar-refractivity contribution in [3.63, 3.8) is 0 Å². The van der Waals surface area contributed by atoms with E-state index in [9.17, 15) is 9.59 Å². The Morgan fingerprint density at radius 2 is 1.25 bits per heavy atom. The number of nitrogens with one attached hydrogen (secondary N) is 1. The molecule has 5 nitrogen and oxygen atoms in total. The van der Waals surface area contributed by atoms with Crippen molar-refractivity contribution in [3.8, 4) is 0 Å². The topological polar surface area (TPSA) is 52.7 Å². The molecule has 2 aliphatic heterocycles. The first kappa shape index (κ1) is 15.3. The van der Waals surface area contributed by atoms with Crippen molar-refractivity contribution >= 4 is 11.8 Å². The molecule has 0 aromatic carbocycles. The van der Waals surface area contributed by atoms with Crippen molar-refractivity contribution in [2.24, 2.45) is 0 Å². The molecule has 114 valence electrons. The molecule has 2 aliphatic rings. The van der Waals surface area contributed by atoms with Crippen molar-refractivity contribution in [3.05, 3.63) is 0 Å². The highest BCUT2D eigenvalue weighted by Gasteiger charge is 2.17. The van der Waals surface area contributed by atoms with Crippen LogP contribution in [0.3, 0.4) is 0 Å². The quantitative estimate of drug-likeness (QED) is 0.765. The van der Waals surface area contributed by atoms with Crippen molar-refractivity contribution in [2.45, 2.75) is 44.9 Å². The molecular formula is C15H27N3O2. The fraction of sp³-hybridized carbons (Fsp3) is 0.867. The third kappa shape index (κ3) is 4.78. The zero-order chi connectivity index (χ0) is 14.2. The lowest BCUT2D eigenvalue weighted by Gasteiger charge is -2.27. The number of carbonyl (C=O) groups is 2. The van der Waals surface area contributed by atoms with Crippen LogP contribution in [0.5, 0.6) is 0 Å². The number of carbonyl (C=O) groups excluding carboxylic acids is 2. The molecule has 0 aromatic rings. The molecule has 20 heavy (non-hydrogen) atoms.